The molecule has 0 bridgehead atoms. The topological polar surface area (TPSA) is 135 Å². The van der Waals surface area contributed by atoms with Crippen LogP contribution in [0.4, 0.5) is 5.69 Å². The molecular formula is C14H18N4O4S2. The number of hydrogen-bond donors (Lipinski definition) is 3. The summed E-state index contributed by atoms with van der Waals surface area (Å²) in [6.07, 6.45) is 0. The Morgan fingerprint density at radius 1 is 1.38 bits per heavy atom. The lowest BCUT2D eigenvalue weighted by Gasteiger charge is -2.09. The van der Waals surface area contributed by atoms with Crippen molar-refractivity contribution in [2.75, 3.05) is 5.32 Å². The van der Waals surface area contributed by atoms with Gasteiger partial charge in [0.2, 0.25) is 10.0 Å². The maximum atomic E-state index is 12.4. The molecule has 2 aromatic heterocycles. The molecule has 24 heavy (non-hydrogen) atoms. The quantitative estimate of drug-likeness (QED) is 0.749. The van der Waals surface area contributed by atoms with Gasteiger partial charge in [0.1, 0.15) is 15.6 Å². The molecule has 0 atom stereocenters. The van der Waals surface area contributed by atoms with Crippen molar-refractivity contribution in [2.24, 2.45) is 5.14 Å². The minimum absolute atomic E-state index is 0.0185. The summed E-state index contributed by atoms with van der Waals surface area (Å²) in [6.45, 7) is 6.97. The summed E-state index contributed by atoms with van der Waals surface area (Å²) >= 11 is 0.944. The minimum Gasteiger partial charge on any atom is -0.321 e. The second-order valence-corrected chi connectivity index (χ2v) is 8.65. The van der Waals surface area contributed by atoms with E-state index in [2.05, 4.69) is 15.3 Å². The second kappa shape index (κ2) is 6.46. The molecule has 1 amide bonds. The van der Waals surface area contributed by atoms with E-state index in [4.69, 9.17) is 5.14 Å². The minimum atomic E-state index is -3.85. The Morgan fingerprint density at radius 3 is 2.46 bits per heavy atom. The van der Waals surface area contributed by atoms with Crippen molar-refractivity contribution < 1.29 is 13.2 Å². The highest BCUT2D eigenvalue weighted by atomic mass is 32.2. The van der Waals surface area contributed by atoms with Gasteiger partial charge in [-0.15, -0.1) is 11.3 Å². The van der Waals surface area contributed by atoms with E-state index in [-0.39, 0.29) is 15.7 Å². The molecule has 2 aromatic rings. The lowest BCUT2D eigenvalue weighted by molar-refractivity contribution is 0.102. The van der Waals surface area contributed by atoms with Crippen LogP contribution in [0.15, 0.2) is 15.1 Å². The van der Waals surface area contributed by atoms with Gasteiger partial charge in [-0.2, -0.15) is 0 Å². The third-order valence-electron chi connectivity index (χ3n) is 3.32. The van der Waals surface area contributed by atoms with Crippen LogP contribution in [-0.2, 0) is 10.0 Å². The summed E-state index contributed by atoms with van der Waals surface area (Å²) in [5.41, 5.74) is -0.0503. The van der Waals surface area contributed by atoms with Crippen LogP contribution in [0.2, 0.25) is 0 Å². The van der Waals surface area contributed by atoms with Crippen LogP contribution < -0.4 is 16.0 Å². The average molecular weight is 370 g/mol. The summed E-state index contributed by atoms with van der Waals surface area (Å²) in [6, 6.07) is 1.27. The van der Waals surface area contributed by atoms with Gasteiger partial charge in [0.05, 0.1) is 11.4 Å². The molecule has 0 aromatic carbocycles. The number of sulfonamides is 1. The molecule has 0 saturated heterocycles. The highest BCUT2D eigenvalue weighted by molar-refractivity contribution is 7.91. The van der Waals surface area contributed by atoms with E-state index < -0.39 is 21.5 Å². The Morgan fingerprint density at radius 2 is 2.00 bits per heavy atom. The molecule has 0 aliphatic carbocycles. The number of rotatable bonds is 4. The standard InChI is InChI=1S/C14H18N4O4S2/c1-6(2)12-16-7(3)11(14(20)18-12)13(19)17-9-5-10(23-8(9)4)24(15,21)22/h5-6H,1-4H3,(H,17,19)(H2,15,21,22)(H,16,18,20). The highest BCUT2D eigenvalue weighted by Gasteiger charge is 2.20. The summed E-state index contributed by atoms with van der Waals surface area (Å²) in [5.74, 6) is -0.138. The average Bonchev–Trinajstić information content (AvgIpc) is 2.79. The van der Waals surface area contributed by atoms with Crippen molar-refractivity contribution in [3.63, 3.8) is 0 Å². The Balaban J connectivity index is 2.38. The fourth-order valence-electron chi connectivity index (χ4n) is 2.05. The number of aromatic amines is 1. The number of nitrogens with one attached hydrogen (secondary N) is 2. The maximum Gasteiger partial charge on any atom is 0.264 e. The summed E-state index contributed by atoms with van der Waals surface area (Å²) < 4.78 is 22.7. The van der Waals surface area contributed by atoms with Crippen LogP contribution >= 0.6 is 11.3 Å². The number of carbonyl (C=O) groups is 1. The van der Waals surface area contributed by atoms with E-state index in [0.717, 1.165) is 11.3 Å². The molecule has 2 rings (SSSR count). The number of amides is 1. The normalized spacial score (nSPS) is 11.8. The third kappa shape index (κ3) is 3.71. The van der Waals surface area contributed by atoms with Gasteiger partial charge in [0.25, 0.3) is 11.5 Å². The number of anilines is 1. The third-order valence-corrected chi connectivity index (χ3v) is 5.79. The Labute approximate surface area is 143 Å². The van der Waals surface area contributed by atoms with Crippen molar-refractivity contribution in [2.45, 2.75) is 37.8 Å². The van der Waals surface area contributed by atoms with Gasteiger partial charge in [-0.1, -0.05) is 13.8 Å². The first-order valence-electron chi connectivity index (χ1n) is 7.06. The van der Waals surface area contributed by atoms with Gasteiger partial charge < -0.3 is 10.3 Å². The van der Waals surface area contributed by atoms with E-state index in [1.165, 1.54) is 6.07 Å². The number of primary sulfonamides is 1. The number of nitrogens with two attached hydrogens (primary N) is 1. The summed E-state index contributed by atoms with van der Waals surface area (Å²) in [4.78, 5) is 32.0. The summed E-state index contributed by atoms with van der Waals surface area (Å²) in [7, 11) is -3.85. The number of thiophene rings is 1. The fourth-order valence-corrected chi connectivity index (χ4v) is 3.87. The zero-order chi connectivity index (χ0) is 18.2. The molecule has 0 aliphatic rings. The molecular weight excluding hydrogens is 352 g/mol. The van der Waals surface area contributed by atoms with Gasteiger partial charge in [-0.05, 0) is 19.9 Å². The predicted octanol–water partition coefficient (Wildman–Crippen LogP) is 1.47. The monoisotopic (exact) mass is 370 g/mol. The van der Waals surface area contributed by atoms with Crippen LogP contribution in [0.5, 0.6) is 0 Å². The van der Waals surface area contributed by atoms with Gasteiger partial charge in [0.15, 0.2) is 0 Å². The molecule has 8 nitrogen and oxygen atoms in total. The first-order chi connectivity index (χ1) is 11.0. The fraction of sp³-hybridized carbons (Fsp3) is 0.357. The number of aryl methyl sites for hydroxylation is 2. The van der Waals surface area contributed by atoms with E-state index in [1.54, 1.807) is 13.8 Å². The molecule has 0 radical (unpaired) electrons. The zero-order valence-electron chi connectivity index (χ0n) is 13.6. The van der Waals surface area contributed by atoms with Gasteiger partial charge in [-0.25, -0.2) is 18.5 Å². The molecule has 2 heterocycles. The van der Waals surface area contributed by atoms with Crippen LogP contribution in [-0.4, -0.2) is 24.3 Å². The van der Waals surface area contributed by atoms with Gasteiger partial charge in [0, 0.05) is 10.8 Å². The van der Waals surface area contributed by atoms with Crippen molar-refractivity contribution in [1.29, 1.82) is 0 Å². The van der Waals surface area contributed by atoms with E-state index >= 15 is 0 Å². The number of H-pyrrole nitrogens is 1. The molecule has 0 saturated carbocycles. The van der Waals surface area contributed by atoms with Gasteiger partial charge in [-0.3, -0.25) is 9.59 Å². The lowest BCUT2D eigenvalue weighted by Crippen LogP contribution is -2.27. The number of hydrogen-bond acceptors (Lipinski definition) is 6. The van der Waals surface area contributed by atoms with Gasteiger partial charge >= 0.3 is 0 Å². The zero-order valence-corrected chi connectivity index (χ0v) is 15.3. The molecule has 130 valence electrons. The smallest absolute Gasteiger partial charge is 0.264 e. The molecule has 0 aliphatic heterocycles. The Kier molecular flexibility index (Phi) is 4.92. The van der Waals surface area contributed by atoms with Crippen molar-refractivity contribution in [3.05, 3.63) is 38.4 Å². The lowest BCUT2D eigenvalue weighted by atomic mass is 10.1. The van der Waals surface area contributed by atoms with Crippen molar-refractivity contribution >= 4 is 33.0 Å². The molecule has 0 spiro atoms. The second-order valence-electron chi connectivity index (χ2n) is 5.60. The highest BCUT2D eigenvalue weighted by Crippen LogP contribution is 2.29. The van der Waals surface area contributed by atoms with E-state index in [0.29, 0.717) is 22.1 Å². The number of aromatic nitrogens is 2. The maximum absolute atomic E-state index is 12.4. The molecule has 0 fully saturated rings. The van der Waals surface area contributed by atoms with E-state index in [1.807, 2.05) is 13.8 Å². The molecule has 10 heteroatoms. The summed E-state index contributed by atoms with van der Waals surface area (Å²) in [5, 5.41) is 7.62. The Hall–Kier alpha value is -2.04. The van der Waals surface area contributed by atoms with Crippen LogP contribution in [0.1, 0.15) is 46.5 Å². The number of nitrogens with zero attached hydrogens (tertiary/aromatic N) is 1. The van der Waals surface area contributed by atoms with Crippen molar-refractivity contribution in [1.82, 2.24) is 9.97 Å². The molecule has 0 unspecified atom stereocenters. The number of carbonyl (C=O) groups excluding carboxylic acids is 1. The van der Waals surface area contributed by atoms with Crippen molar-refractivity contribution in [3.8, 4) is 0 Å². The molecule has 4 N–H and O–H groups in total. The Bertz CT molecular complexity index is 958. The SMILES string of the molecule is Cc1nc(C(C)C)[nH]c(=O)c1C(=O)Nc1cc(S(N)(=O)=O)sc1C. The predicted molar refractivity (Wildman–Crippen MR) is 92.1 cm³/mol. The van der Waals surface area contributed by atoms with Crippen LogP contribution in [0.3, 0.4) is 0 Å². The van der Waals surface area contributed by atoms with Crippen LogP contribution in [0, 0.1) is 13.8 Å². The first kappa shape index (κ1) is 18.3. The van der Waals surface area contributed by atoms with E-state index in [9.17, 15) is 18.0 Å². The first-order valence-corrected chi connectivity index (χ1v) is 9.42. The van der Waals surface area contributed by atoms with Crippen LogP contribution in [0.25, 0.3) is 0 Å². The largest absolute Gasteiger partial charge is 0.321 e.